The van der Waals surface area contributed by atoms with Crippen LogP contribution in [0.2, 0.25) is 0 Å². The van der Waals surface area contributed by atoms with E-state index in [4.69, 9.17) is 4.74 Å². The molecule has 2 amide bonds. The normalized spacial score (nSPS) is 20.2. The van der Waals surface area contributed by atoms with Crippen LogP contribution in [0.15, 0.2) is 48.5 Å². The average molecular weight is 437 g/mol. The highest BCUT2D eigenvalue weighted by Gasteiger charge is 2.36. The lowest BCUT2D eigenvalue weighted by atomic mass is 9.98. The maximum atomic E-state index is 12.6. The van der Waals surface area contributed by atoms with Crippen LogP contribution in [0.3, 0.4) is 0 Å². The monoisotopic (exact) mass is 436 g/mol. The molecule has 0 aliphatic heterocycles. The Morgan fingerprint density at radius 2 is 1.66 bits per heavy atom. The zero-order chi connectivity index (χ0) is 22.7. The van der Waals surface area contributed by atoms with Gasteiger partial charge in [-0.1, -0.05) is 61.9 Å². The van der Waals surface area contributed by atoms with Gasteiger partial charge in [0.2, 0.25) is 5.91 Å². The number of hydrogen-bond acceptors (Lipinski definition) is 4. The standard InChI is InChI=1S/C25H28N2O5/c1-2-21(24(29)30)26-23(28)19-12-7-13-22(19)27-25(31)32-14-20-17-10-5-3-8-15(17)16-9-4-6-11-18(16)20/h3-6,8-11,19-22H,2,7,12-14H2,1H3,(H,26,28)(H,27,31)(H,29,30)/t19-,21?,22+/m0/s1. The molecule has 2 aromatic rings. The van der Waals surface area contributed by atoms with Crippen molar-refractivity contribution in [1.29, 1.82) is 0 Å². The first kappa shape index (κ1) is 21.9. The molecule has 0 radical (unpaired) electrons. The fraction of sp³-hybridized carbons (Fsp3) is 0.400. The highest BCUT2D eigenvalue weighted by Crippen LogP contribution is 2.44. The van der Waals surface area contributed by atoms with E-state index in [2.05, 4.69) is 34.9 Å². The molecule has 2 aliphatic rings. The molecule has 0 spiro atoms. The third-order valence-corrected chi connectivity index (χ3v) is 6.52. The summed E-state index contributed by atoms with van der Waals surface area (Å²) >= 11 is 0. The second kappa shape index (κ2) is 9.42. The molecule has 168 valence electrons. The number of ether oxygens (including phenoxy) is 1. The SMILES string of the molecule is CCC(NC(=O)[C@H]1CCC[C@H]1NC(=O)OCC1c2ccccc2-c2ccccc21)C(=O)O. The first-order valence-corrected chi connectivity index (χ1v) is 11.1. The van der Waals surface area contributed by atoms with Gasteiger partial charge in [0.1, 0.15) is 12.6 Å². The quantitative estimate of drug-likeness (QED) is 0.614. The molecule has 1 fully saturated rings. The van der Waals surface area contributed by atoms with E-state index >= 15 is 0 Å². The molecule has 2 aliphatic carbocycles. The van der Waals surface area contributed by atoms with E-state index in [1.54, 1.807) is 6.92 Å². The Balaban J connectivity index is 1.37. The number of fused-ring (bicyclic) bond motifs is 3. The minimum atomic E-state index is -1.06. The number of nitrogens with one attached hydrogen (secondary N) is 2. The molecule has 0 aromatic heterocycles. The molecule has 1 saturated carbocycles. The lowest BCUT2D eigenvalue weighted by Crippen LogP contribution is -2.48. The van der Waals surface area contributed by atoms with Gasteiger partial charge >= 0.3 is 12.1 Å². The van der Waals surface area contributed by atoms with Crippen molar-refractivity contribution in [2.45, 2.75) is 50.6 Å². The van der Waals surface area contributed by atoms with E-state index in [1.807, 2.05) is 24.3 Å². The molecule has 7 nitrogen and oxygen atoms in total. The van der Waals surface area contributed by atoms with Crippen LogP contribution in [0.25, 0.3) is 11.1 Å². The molecule has 3 N–H and O–H groups in total. The topological polar surface area (TPSA) is 105 Å². The number of aliphatic carboxylic acids is 1. The van der Waals surface area contributed by atoms with Crippen LogP contribution in [0.1, 0.15) is 49.7 Å². The summed E-state index contributed by atoms with van der Waals surface area (Å²) in [6.45, 7) is 1.92. The number of hydrogen-bond donors (Lipinski definition) is 3. The van der Waals surface area contributed by atoms with Gasteiger partial charge in [-0.2, -0.15) is 0 Å². The van der Waals surface area contributed by atoms with Crippen molar-refractivity contribution >= 4 is 18.0 Å². The summed E-state index contributed by atoms with van der Waals surface area (Å²) in [7, 11) is 0. The molecule has 32 heavy (non-hydrogen) atoms. The predicted octanol–water partition coefficient (Wildman–Crippen LogP) is 3.67. The van der Waals surface area contributed by atoms with Crippen LogP contribution in [0, 0.1) is 5.92 Å². The van der Waals surface area contributed by atoms with E-state index < -0.39 is 24.0 Å². The highest BCUT2D eigenvalue weighted by molar-refractivity contribution is 5.86. The van der Waals surface area contributed by atoms with E-state index in [-0.39, 0.29) is 24.5 Å². The van der Waals surface area contributed by atoms with E-state index in [0.717, 1.165) is 28.7 Å². The van der Waals surface area contributed by atoms with Crippen LogP contribution in [-0.4, -0.2) is 41.8 Å². The maximum Gasteiger partial charge on any atom is 0.407 e. The molecular formula is C25H28N2O5. The molecule has 0 bridgehead atoms. The number of benzene rings is 2. The summed E-state index contributed by atoms with van der Waals surface area (Å²) < 4.78 is 5.59. The van der Waals surface area contributed by atoms with Gasteiger partial charge in [-0.15, -0.1) is 0 Å². The molecule has 7 heteroatoms. The predicted molar refractivity (Wildman–Crippen MR) is 119 cm³/mol. The van der Waals surface area contributed by atoms with Crippen molar-refractivity contribution in [3.63, 3.8) is 0 Å². The minimum Gasteiger partial charge on any atom is -0.480 e. The van der Waals surface area contributed by atoms with E-state index in [9.17, 15) is 19.5 Å². The number of carbonyl (C=O) groups is 3. The summed E-state index contributed by atoms with van der Waals surface area (Å²) in [4.78, 5) is 36.4. The Bertz CT molecular complexity index is 975. The zero-order valence-electron chi connectivity index (χ0n) is 18.0. The molecule has 0 saturated heterocycles. The summed E-state index contributed by atoms with van der Waals surface area (Å²) in [6, 6.07) is 15.0. The van der Waals surface area contributed by atoms with Crippen molar-refractivity contribution in [3.8, 4) is 11.1 Å². The maximum absolute atomic E-state index is 12.6. The molecule has 3 atom stereocenters. The van der Waals surface area contributed by atoms with Gasteiger partial charge in [0.05, 0.1) is 5.92 Å². The lowest BCUT2D eigenvalue weighted by Gasteiger charge is -2.22. The first-order valence-electron chi connectivity index (χ1n) is 11.1. The number of rotatable bonds is 7. The number of carbonyl (C=O) groups excluding carboxylic acids is 2. The largest absolute Gasteiger partial charge is 0.480 e. The average Bonchev–Trinajstić information content (AvgIpc) is 3.38. The minimum absolute atomic E-state index is 0.0308. The highest BCUT2D eigenvalue weighted by atomic mass is 16.5. The number of alkyl carbamates (subject to hydrolysis) is 1. The number of carboxylic acid groups (broad SMARTS) is 1. The van der Waals surface area contributed by atoms with E-state index in [1.165, 1.54) is 0 Å². The van der Waals surface area contributed by atoms with Crippen molar-refractivity contribution in [3.05, 3.63) is 59.7 Å². The second-order valence-electron chi connectivity index (χ2n) is 8.42. The zero-order valence-corrected chi connectivity index (χ0v) is 18.0. The van der Waals surface area contributed by atoms with Crippen LogP contribution in [0.5, 0.6) is 0 Å². The fourth-order valence-electron chi connectivity index (χ4n) is 4.86. The van der Waals surface area contributed by atoms with Gasteiger partial charge in [-0.25, -0.2) is 9.59 Å². The number of amides is 2. The van der Waals surface area contributed by atoms with Crippen molar-refractivity contribution < 1.29 is 24.2 Å². The Kier molecular flexibility index (Phi) is 6.44. The van der Waals surface area contributed by atoms with Crippen LogP contribution >= 0.6 is 0 Å². The first-order chi connectivity index (χ1) is 15.5. The van der Waals surface area contributed by atoms with Crippen LogP contribution in [0.4, 0.5) is 4.79 Å². The third kappa shape index (κ3) is 4.33. The molecule has 0 heterocycles. The third-order valence-electron chi connectivity index (χ3n) is 6.52. The van der Waals surface area contributed by atoms with Crippen molar-refractivity contribution in [2.24, 2.45) is 5.92 Å². The van der Waals surface area contributed by atoms with Gasteiger partial charge in [0.15, 0.2) is 0 Å². The summed E-state index contributed by atoms with van der Waals surface area (Å²) in [5.74, 6) is -1.87. The fourth-order valence-corrected chi connectivity index (χ4v) is 4.86. The number of carboxylic acids is 1. The molecule has 4 rings (SSSR count). The molecule has 1 unspecified atom stereocenters. The summed E-state index contributed by atoms with van der Waals surface area (Å²) in [6.07, 6.45) is 1.80. The molecule has 2 aromatic carbocycles. The Morgan fingerprint density at radius 1 is 1.03 bits per heavy atom. The van der Waals surface area contributed by atoms with Crippen molar-refractivity contribution in [2.75, 3.05) is 6.61 Å². The molecular weight excluding hydrogens is 408 g/mol. The lowest BCUT2D eigenvalue weighted by molar-refractivity contribution is -0.142. The van der Waals surface area contributed by atoms with Crippen LogP contribution < -0.4 is 10.6 Å². The second-order valence-corrected chi connectivity index (χ2v) is 8.42. The van der Waals surface area contributed by atoms with Gasteiger partial charge in [-0.05, 0) is 41.5 Å². The van der Waals surface area contributed by atoms with Crippen molar-refractivity contribution in [1.82, 2.24) is 10.6 Å². The summed E-state index contributed by atoms with van der Waals surface area (Å²) in [5, 5.41) is 14.6. The Labute approximate surface area is 187 Å². The summed E-state index contributed by atoms with van der Waals surface area (Å²) in [5.41, 5.74) is 4.60. The van der Waals surface area contributed by atoms with Gasteiger partial charge < -0.3 is 20.5 Å². The van der Waals surface area contributed by atoms with E-state index in [0.29, 0.717) is 19.3 Å². The van der Waals surface area contributed by atoms with Crippen LogP contribution in [-0.2, 0) is 14.3 Å². The van der Waals surface area contributed by atoms with Gasteiger partial charge in [-0.3, -0.25) is 4.79 Å². The van der Waals surface area contributed by atoms with Gasteiger partial charge in [0, 0.05) is 12.0 Å². The van der Waals surface area contributed by atoms with Gasteiger partial charge in [0.25, 0.3) is 0 Å². The smallest absolute Gasteiger partial charge is 0.407 e. The Hall–Kier alpha value is -3.35. The Morgan fingerprint density at radius 3 is 2.25 bits per heavy atom.